The summed E-state index contributed by atoms with van der Waals surface area (Å²) in [6.07, 6.45) is 0.364. The summed E-state index contributed by atoms with van der Waals surface area (Å²) in [6.45, 7) is 18.1. The molecular formula is C18H40N3O4PS. The molecule has 0 aliphatic rings. The number of rotatable bonds is 15. The lowest BCUT2D eigenvalue weighted by Crippen LogP contribution is -2.43. The average molecular weight is 426 g/mol. The van der Waals surface area contributed by atoms with Gasteiger partial charge in [0.15, 0.2) is 27.2 Å². The third kappa shape index (κ3) is 11.1. The van der Waals surface area contributed by atoms with Crippen molar-refractivity contribution in [1.82, 2.24) is 9.34 Å². The molecule has 0 radical (unpaired) electrons. The normalized spacial score (nSPS) is 12.7. The monoisotopic (exact) mass is 425 g/mol. The molecule has 0 aromatic rings. The van der Waals surface area contributed by atoms with Gasteiger partial charge in [0.05, 0.1) is 0 Å². The summed E-state index contributed by atoms with van der Waals surface area (Å²) in [7, 11) is -0.972. The van der Waals surface area contributed by atoms with Crippen LogP contribution in [0, 0.1) is 0 Å². The topological polar surface area (TPSA) is 77.3 Å². The Morgan fingerprint density at radius 1 is 0.889 bits per heavy atom. The van der Waals surface area contributed by atoms with Gasteiger partial charge in [0.2, 0.25) is 0 Å². The lowest BCUT2D eigenvalue weighted by atomic mass is 10.3. The van der Waals surface area contributed by atoms with Gasteiger partial charge >= 0.3 is 0 Å². The number of hydrogen-bond acceptors (Lipinski definition) is 8. The molecule has 9 heteroatoms. The highest BCUT2D eigenvalue weighted by molar-refractivity contribution is 8.13. The molecule has 0 aromatic carbocycles. The SMILES string of the molecule is CC(C)N(C(C)C)P(OCOCOCSC(=O)CCN)N(C(C)C)C(C)C. The van der Waals surface area contributed by atoms with E-state index in [0.717, 1.165) is 11.8 Å². The van der Waals surface area contributed by atoms with E-state index in [-0.39, 0.29) is 24.6 Å². The third-order valence-corrected chi connectivity index (χ3v) is 7.37. The summed E-state index contributed by atoms with van der Waals surface area (Å²) >= 11 is 1.12. The van der Waals surface area contributed by atoms with Gasteiger partial charge < -0.3 is 19.7 Å². The van der Waals surface area contributed by atoms with E-state index >= 15 is 0 Å². The fraction of sp³-hybridized carbons (Fsp3) is 0.944. The highest BCUT2D eigenvalue weighted by Crippen LogP contribution is 2.50. The molecule has 0 amide bonds. The largest absolute Gasteiger partial charge is 0.344 e. The van der Waals surface area contributed by atoms with Crippen molar-refractivity contribution >= 4 is 25.3 Å². The predicted molar refractivity (Wildman–Crippen MR) is 115 cm³/mol. The summed E-state index contributed by atoms with van der Waals surface area (Å²) in [5, 5.41) is 0.0336. The molecule has 0 heterocycles. The van der Waals surface area contributed by atoms with Crippen molar-refractivity contribution in [2.75, 3.05) is 26.1 Å². The first-order chi connectivity index (χ1) is 12.6. The molecule has 0 fully saturated rings. The summed E-state index contributed by atoms with van der Waals surface area (Å²) in [5.74, 6) is 0.266. The minimum atomic E-state index is -0.972. The Hall–Kier alpha value is 0.210. The van der Waals surface area contributed by atoms with Gasteiger partial charge in [-0.15, -0.1) is 0 Å². The van der Waals surface area contributed by atoms with Crippen molar-refractivity contribution in [2.24, 2.45) is 5.73 Å². The standard InChI is InChI=1S/C18H40N3O4PS/c1-14(2)20(15(3)4)26(21(16(5)6)17(7)8)25-12-23-11-24-13-27-18(22)9-10-19/h14-17H,9-13,19H2,1-8H3. The molecule has 0 saturated carbocycles. The van der Waals surface area contributed by atoms with E-state index in [1.165, 1.54) is 0 Å². The first-order valence-corrected chi connectivity index (χ1v) is 11.8. The number of nitrogens with zero attached hydrogens (tertiary/aromatic N) is 2. The van der Waals surface area contributed by atoms with Crippen LogP contribution in [0.15, 0.2) is 0 Å². The first-order valence-electron chi connectivity index (χ1n) is 9.64. The van der Waals surface area contributed by atoms with Crippen LogP contribution in [-0.2, 0) is 18.8 Å². The number of carbonyl (C=O) groups excluding carboxylic acids is 1. The molecule has 0 aliphatic carbocycles. The van der Waals surface area contributed by atoms with Gasteiger partial charge in [0.25, 0.3) is 0 Å². The Morgan fingerprint density at radius 2 is 1.37 bits per heavy atom. The zero-order chi connectivity index (χ0) is 21.0. The van der Waals surface area contributed by atoms with Crippen LogP contribution in [0.1, 0.15) is 61.8 Å². The van der Waals surface area contributed by atoms with Crippen molar-refractivity contribution in [2.45, 2.75) is 86.0 Å². The quantitative estimate of drug-likeness (QED) is 0.240. The Kier molecular flexibility index (Phi) is 15.2. The highest BCUT2D eigenvalue weighted by Gasteiger charge is 2.34. The van der Waals surface area contributed by atoms with E-state index < -0.39 is 8.45 Å². The van der Waals surface area contributed by atoms with E-state index in [2.05, 4.69) is 64.7 Å². The second-order valence-electron chi connectivity index (χ2n) is 7.33. The molecule has 7 nitrogen and oxygen atoms in total. The highest BCUT2D eigenvalue weighted by atomic mass is 32.2. The molecular weight excluding hydrogens is 385 g/mol. The van der Waals surface area contributed by atoms with E-state index in [4.69, 9.17) is 19.7 Å². The van der Waals surface area contributed by atoms with Gasteiger partial charge in [-0.25, -0.2) is 9.34 Å². The Labute approximate surface area is 171 Å². The molecule has 0 saturated heterocycles. The molecule has 0 aliphatic heterocycles. The van der Waals surface area contributed by atoms with Crippen LogP contribution in [-0.4, -0.2) is 64.7 Å². The maximum Gasteiger partial charge on any atom is 0.192 e. The lowest BCUT2D eigenvalue weighted by Gasteiger charge is -2.45. The second-order valence-corrected chi connectivity index (χ2v) is 10.0. The summed E-state index contributed by atoms with van der Waals surface area (Å²) in [4.78, 5) is 11.4. The molecule has 27 heavy (non-hydrogen) atoms. The smallest absolute Gasteiger partial charge is 0.192 e. The molecule has 0 rings (SSSR count). The molecule has 0 spiro atoms. The van der Waals surface area contributed by atoms with E-state index in [9.17, 15) is 4.79 Å². The van der Waals surface area contributed by atoms with Crippen LogP contribution < -0.4 is 5.73 Å². The van der Waals surface area contributed by atoms with E-state index in [0.29, 0.717) is 37.1 Å². The summed E-state index contributed by atoms with van der Waals surface area (Å²) in [5.41, 5.74) is 5.34. The second kappa shape index (κ2) is 15.1. The van der Waals surface area contributed by atoms with Gasteiger partial charge in [-0.3, -0.25) is 4.79 Å². The number of hydrogen-bond donors (Lipinski definition) is 1. The van der Waals surface area contributed by atoms with E-state index in [1.54, 1.807) is 0 Å². The van der Waals surface area contributed by atoms with Gasteiger partial charge in [-0.2, -0.15) is 0 Å². The fourth-order valence-corrected chi connectivity index (χ4v) is 5.54. The average Bonchev–Trinajstić information content (AvgIpc) is 2.52. The number of ether oxygens (including phenoxy) is 2. The Bertz CT molecular complexity index is 365. The molecule has 162 valence electrons. The van der Waals surface area contributed by atoms with Crippen LogP contribution in [0.4, 0.5) is 0 Å². The Morgan fingerprint density at radius 3 is 1.78 bits per heavy atom. The molecule has 0 atom stereocenters. The summed E-state index contributed by atoms with van der Waals surface area (Å²) < 4.78 is 21.8. The van der Waals surface area contributed by atoms with Gasteiger partial charge in [-0.1, -0.05) is 11.8 Å². The minimum absolute atomic E-state index is 0.0336. The molecule has 0 bridgehead atoms. The molecule has 0 unspecified atom stereocenters. The zero-order valence-corrected chi connectivity index (χ0v) is 20.0. The fourth-order valence-electron chi connectivity index (χ4n) is 2.74. The van der Waals surface area contributed by atoms with Gasteiger partial charge in [0.1, 0.15) is 5.94 Å². The summed E-state index contributed by atoms with van der Waals surface area (Å²) in [6, 6.07) is 1.43. The molecule has 2 N–H and O–H groups in total. The van der Waals surface area contributed by atoms with Crippen molar-refractivity contribution in [1.29, 1.82) is 0 Å². The van der Waals surface area contributed by atoms with Crippen molar-refractivity contribution in [3.05, 3.63) is 0 Å². The van der Waals surface area contributed by atoms with Gasteiger partial charge in [-0.05, 0) is 55.4 Å². The minimum Gasteiger partial charge on any atom is -0.344 e. The lowest BCUT2D eigenvalue weighted by molar-refractivity contribution is -0.111. The zero-order valence-electron chi connectivity index (χ0n) is 18.3. The van der Waals surface area contributed by atoms with Crippen LogP contribution in [0.3, 0.4) is 0 Å². The van der Waals surface area contributed by atoms with Gasteiger partial charge in [0, 0.05) is 37.1 Å². The molecule has 0 aromatic heterocycles. The van der Waals surface area contributed by atoms with Crippen LogP contribution in [0.25, 0.3) is 0 Å². The maximum absolute atomic E-state index is 11.4. The number of carbonyl (C=O) groups is 1. The first kappa shape index (κ1) is 27.2. The third-order valence-electron chi connectivity index (χ3n) is 3.58. The van der Waals surface area contributed by atoms with Crippen LogP contribution >= 0.6 is 20.2 Å². The predicted octanol–water partition coefficient (Wildman–Crippen LogP) is 3.98. The van der Waals surface area contributed by atoms with Crippen molar-refractivity contribution in [3.8, 4) is 0 Å². The van der Waals surface area contributed by atoms with Crippen molar-refractivity contribution < 1.29 is 18.8 Å². The maximum atomic E-state index is 11.4. The van der Waals surface area contributed by atoms with Crippen LogP contribution in [0.2, 0.25) is 0 Å². The van der Waals surface area contributed by atoms with Crippen LogP contribution in [0.5, 0.6) is 0 Å². The van der Waals surface area contributed by atoms with E-state index in [1.807, 2.05) is 0 Å². The van der Waals surface area contributed by atoms with Crippen molar-refractivity contribution in [3.63, 3.8) is 0 Å². The number of thioether (sulfide) groups is 1. The Balaban J connectivity index is 4.63. The number of nitrogens with two attached hydrogens (primary N) is 1.